The molecule has 3 aromatic heterocycles. The quantitative estimate of drug-likeness (QED) is 0.178. The number of thiophene rings is 1. The van der Waals surface area contributed by atoms with Crippen LogP contribution < -0.4 is 0 Å². The van der Waals surface area contributed by atoms with Gasteiger partial charge in [0.25, 0.3) is 0 Å². The summed E-state index contributed by atoms with van der Waals surface area (Å²) in [7, 11) is 0. The van der Waals surface area contributed by atoms with Gasteiger partial charge in [0.15, 0.2) is 0 Å². The van der Waals surface area contributed by atoms with Gasteiger partial charge in [0.05, 0.1) is 26.9 Å². The van der Waals surface area contributed by atoms with Crippen LogP contribution in [0.4, 0.5) is 0 Å². The van der Waals surface area contributed by atoms with E-state index in [9.17, 15) is 0 Å². The highest BCUT2D eigenvalue weighted by atomic mass is 32.1. The fourth-order valence-electron chi connectivity index (χ4n) is 13.8. The third kappa shape index (κ3) is 4.40. The van der Waals surface area contributed by atoms with Crippen LogP contribution in [0.3, 0.4) is 0 Å². The highest BCUT2D eigenvalue weighted by Crippen LogP contribution is 2.69. The fraction of sp³-hybridized carbons (Fsp3) is 0.172. The van der Waals surface area contributed by atoms with E-state index in [1.807, 2.05) is 0 Å². The van der Waals surface area contributed by atoms with Crippen LogP contribution >= 0.6 is 11.3 Å². The second-order valence-electron chi connectivity index (χ2n) is 18.9. The average molecular weight is 812 g/mol. The molecule has 4 saturated carbocycles. The Morgan fingerprint density at radius 2 is 1.13 bits per heavy atom. The van der Waals surface area contributed by atoms with Gasteiger partial charge in [-0.1, -0.05) is 133 Å². The molecule has 3 heterocycles. The first-order valence-corrected chi connectivity index (χ1v) is 23.4. The van der Waals surface area contributed by atoms with Crippen LogP contribution in [0.1, 0.15) is 43.2 Å². The Kier molecular flexibility index (Phi) is 6.73. The van der Waals surface area contributed by atoms with Crippen LogP contribution in [-0.4, -0.2) is 14.5 Å². The van der Waals surface area contributed by atoms with Crippen molar-refractivity contribution < 1.29 is 0 Å². The molecular weight excluding hydrogens is 771 g/mol. The zero-order valence-corrected chi connectivity index (χ0v) is 35.0. The number of aromatic nitrogens is 3. The molecule has 294 valence electrons. The maximum Gasteiger partial charge on any atom is 0.235 e. The largest absolute Gasteiger partial charge is 0.278 e. The lowest BCUT2D eigenvalue weighted by atomic mass is 9.43. The van der Waals surface area contributed by atoms with Gasteiger partial charge in [0.2, 0.25) is 5.95 Å². The minimum atomic E-state index is 0.175. The first-order chi connectivity index (χ1) is 30.7. The van der Waals surface area contributed by atoms with Crippen LogP contribution in [0, 0.1) is 23.7 Å². The number of hydrogen-bond donors (Lipinski definition) is 0. The summed E-state index contributed by atoms with van der Waals surface area (Å²) < 4.78 is 4.67. The second kappa shape index (κ2) is 12.3. The molecule has 0 radical (unpaired) electrons. The van der Waals surface area contributed by atoms with Crippen molar-refractivity contribution in [3.63, 3.8) is 0 Å². The van der Waals surface area contributed by atoms with Crippen molar-refractivity contribution in [3.05, 3.63) is 175 Å². The summed E-state index contributed by atoms with van der Waals surface area (Å²) in [5.41, 5.74) is 14.2. The van der Waals surface area contributed by atoms with Gasteiger partial charge in [-0.2, -0.15) is 0 Å². The summed E-state index contributed by atoms with van der Waals surface area (Å²) in [6.45, 7) is 0. The summed E-state index contributed by atoms with van der Waals surface area (Å²) in [4.78, 5) is 11.1. The Balaban J connectivity index is 0.971. The van der Waals surface area contributed by atoms with Crippen LogP contribution in [0.15, 0.2) is 164 Å². The average Bonchev–Trinajstić information content (AvgIpc) is 3.96. The number of nitrogens with zero attached hydrogens (tertiary/aromatic N) is 3. The van der Waals surface area contributed by atoms with Crippen molar-refractivity contribution >= 4 is 75.0 Å². The molecule has 4 heteroatoms. The molecular formula is C58H41N3S. The van der Waals surface area contributed by atoms with E-state index in [1.54, 1.807) is 22.5 Å². The molecule has 62 heavy (non-hydrogen) atoms. The molecule has 5 aliphatic rings. The minimum Gasteiger partial charge on any atom is -0.278 e. The van der Waals surface area contributed by atoms with E-state index in [-0.39, 0.29) is 5.41 Å². The van der Waals surface area contributed by atoms with E-state index in [2.05, 4.69) is 168 Å². The number of benzene rings is 8. The van der Waals surface area contributed by atoms with Crippen molar-refractivity contribution in [2.75, 3.05) is 0 Å². The van der Waals surface area contributed by atoms with Crippen LogP contribution in [0.2, 0.25) is 0 Å². The van der Waals surface area contributed by atoms with E-state index in [0.717, 1.165) is 56.2 Å². The summed E-state index contributed by atoms with van der Waals surface area (Å²) in [6, 6.07) is 61.4. The van der Waals surface area contributed by atoms with Crippen molar-refractivity contribution in [1.29, 1.82) is 0 Å². The number of fused-ring (bicyclic) bond motifs is 12. The van der Waals surface area contributed by atoms with E-state index in [4.69, 9.17) is 9.97 Å². The lowest BCUT2D eigenvalue weighted by Crippen LogP contribution is -2.55. The lowest BCUT2D eigenvalue weighted by molar-refractivity contribution is -0.0399. The van der Waals surface area contributed by atoms with Crippen molar-refractivity contribution in [1.82, 2.24) is 14.5 Å². The maximum absolute atomic E-state index is 5.62. The van der Waals surface area contributed by atoms with Crippen molar-refractivity contribution in [2.24, 2.45) is 23.7 Å². The third-order valence-electron chi connectivity index (χ3n) is 16.0. The fourth-order valence-corrected chi connectivity index (χ4v) is 15.0. The van der Waals surface area contributed by atoms with Crippen molar-refractivity contribution in [3.8, 4) is 39.5 Å². The molecule has 0 amide bonds. The van der Waals surface area contributed by atoms with Crippen LogP contribution in [0.5, 0.6) is 0 Å². The smallest absolute Gasteiger partial charge is 0.235 e. The van der Waals surface area contributed by atoms with Gasteiger partial charge in [0.1, 0.15) is 0 Å². The molecule has 0 N–H and O–H groups in total. The zero-order chi connectivity index (χ0) is 40.3. The van der Waals surface area contributed by atoms with Crippen LogP contribution in [-0.2, 0) is 5.41 Å². The molecule has 4 fully saturated rings. The molecule has 8 aromatic carbocycles. The van der Waals surface area contributed by atoms with E-state index >= 15 is 0 Å². The van der Waals surface area contributed by atoms with Crippen LogP contribution in [0.25, 0.3) is 103 Å². The number of rotatable bonds is 3. The zero-order valence-electron chi connectivity index (χ0n) is 34.2. The molecule has 0 saturated heterocycles. The lowest BCUT2D eigenvalue weighted by Gasteiger charge is -2.61. The van der Waals surface area contributed by atoms with Gasteiger partial charge < -0.3 is 0 Å². The molecule has 11 aromatic rings. The van der Waals surface area contributed by atoms with E-state index in [1.165, 1.54) is 96.8 Å². The topological polar surface area (TPSA) is 30.7 Å². The third-order valence-corrected chi connectivity index (χ3v) is 17.2. The van der Waals surface area contributed by atoms with Gasteiger partial charge in [-0.15, -0.1) is 11.3 Å². The Morgan fingerprint density at radius 3 is 1.98 bits per heavy atom. The summed E-state index contributed by atoms with van der Waals surface area (Å²) in [5, 5.41) is 8.51. The molecule has 3 nitrogen and oxygen atoms in total. The molecule has 0 aliphatic heterocycles. The van der Waals surface area contributed by atoms with Gasteiger partial charge in [0, 0.05) is 31.8 Å². The van der Waals surface area contributed by atoms with E-state index < -0.39 is 0 Å². The molecule has 0 unspecified atom stereocenters. The summed E-state index contributed by atoms with van der Waals surface area (Å²) in [6.07, 6.45) is 7.08. The Labute approximate surface area is 363 Å². The van der Waals surface area contributed by atoms with Gasteiger partial charge in [-0.05, 0) is 141 Å². The maximum atomic E-state index is 5.62. The Morgan fingerprint density at radius 1 is 0.484 bits per heavy atom. The van der Waals surface area contributed by atoms with E-state index in [0.29, 0.717) is 5.95 Å². The van der Waals surface area contributed by atoms with Gasteiger partial charge in [-0.25, -0.2) is 9.97 Å². The predicted octanol–water partition coefficient (Wildman–Crippen LogP) is 15.3. The standard InChI is InChI=1S/C58H41N3S/c1-3-13-41-35(10-1)12-9-17-44(41)54-56-55(45-16-6-8-19-52(45)62-56)60-57(59-54)61-50-24-22-38(32-47(50)53-42-14-4-2-11-36(42)21-25-51(53)61)37-20-23-49-46(31-37)43-15-5-7-18-48(43)58(49)39-27-33-26-34(29-39)30-40(58)28-33/h1-25,31-34,39-40H,26-30H2. The summed E-state index contributed by atoms with van der Waals surface area (Å²) in [5.74, 6) is 4.09. The van der Waals surface area contributed by atoms with Crippen molar-refractivity contribution in [2.45, 2.75) is 37.5 Å². The normalized spacial score (nSPS) is 22.3. The predicted molar refractivity (Wildman–Crippen MR) is 258 cm³/mol. The van der Waals surface area contributed by atoms with Gasteiger partial charge in [-0.3, -0.25) is 4.57 Å². The SMILES string of the molecule is c1ccc2c(c1)-c1cc(-c3ccc4c(c3)c3c5ccccc5ccc3n4-c3nc(-c4cccc5ccccc45)c4sc5ccccc5c4n3)ccc1C21C2CC3CC(C2)CC1C3. The molecule has 0 atom stereocenters. The highest BCUT2D eigenvalue weighted by molar-refractivity contribution is 7.26. The second-order valence-corrected chi connectivity index (χ2v) is 20.0. The monoisotopic (exact) mass is 811 g/mol. The van der Waals surface area contributed by atoms with Gasteiger partial charge >= 0.3 is 0 Å². The highest BCUT2D eigenvalue weighted by Gasteiger charge is 2.61. The molecule has 16 rings (SSSR count). The Hall–Kier alpha value is -6.62. The number of hydrogen-bond acceptors (Lipinski definition) is 3. The Bertz CT molecular complexity index is 3700. The first-order valence-electron chi connectivity index (χ1n) is 22.6. The molecule has 5 aliphatic carbocycles. The molecule has 4 bridgehead atoms. The summed E-state index contributed by atoms with van der Waals surface area (Å²) >= 11 is 1.79. The minimum absolute atomic E-state index is 0.175. The first kappa shape index (κ1) is 34.0. The molecule has 1 spiro atoms.